The molecule has 1 atom stereocenters. The average molecular weight is 251 g/mol. The van der Waals surface area contributed by atoms with Gasteiger partial charge in [-0.1, -0.05) is 44.2 Å². The monoisotopic (exact) mass is 251 g/mol. The molecule has 0 aliphatic rings. The fourth-order valence-electron chi connectivity index (χ4n) is 1.99. The summed E-state index contributed by atoms with van der Waals surface area (Å²) in [4.78, 5) is 8.98. The molecule has 2 rings (SSSR count). The van der Waals surface area contributed by atoms with E-state index < -0.39 is 0 Å². The topological polar surface area (TPSA) is 49.6 Å². The molecule has 0 aliphatic carbocycles. The molecule has 1 aromatic carbocycles. The molecule has 0 radical (unpaired) electrons. The van der Waals surface area contributed by atoms with Crippen molar-refractivity contribution in [1.82, 2.24) is 9.97 Å². The van der Waals surface area contributed by atoms with Crippen LogP contribution in [0, 0.1) is 24.2 Å². The molecule has 2 aromatic rings. The number of hydrogen-bond acceptors (Lipinski definition) is 3. The summed E-state index contributed by atoms with van der Waals surface area (Å²) in [5, 5.41) is 9.27. The Labute approximate surface area is 114 Å². The summed E-state index contributed by atoms with van der Waals surface area (Å²) >= 11 is 0. The molecule has 0 saturated carbocycles. The van der Waals surface area contributed by atoms with Crippen molar-refractivity contribution in [3.63, 3.8) is 0 Å². The fraction of sp³-hybridized carbons (Fsp3) is 0.312. The SMILES string of the molecule is Cc1cc(-c2ccccc2)nc(C(C#N)C(C)C)n1. The number of hydrogen-bond donors (Lipinski definition) is 0. The van der Waals surface area contributed by atoms with Crippen molar-refractivity contribution in [3.05, 3.63) is 47.9 Å². The molecular weight excluding hydrogens is 234 g/mol. The van der Waals surface area contributed by atoms with Gasteiger partial charge in [-0.05, 0) is 18.9 Å². The van der Waals surface area contributed by atoms with E-state index in [1.807, 2.05) is 57.2 Å². The maximum atomic E-state index is 9.27. The zero-order chi connectivity index (χ0) is 13.8. The summed E-state index contributed by atoms with van der Waals surface area (Å²) in [7, 11) is 0. The molecule has 0 fully saturated rings. The standard InChI is InChI=1S/C16H17N3/c1-11(2)14(10-17)16-18-12(3)9-15(19-16)13-7-5-4-6-8-13/h4-9,11,14H,1-3H3. The predicted octanol–water partition coefficient (Wildman–Crippen LogP) is 3.72. The molecule has 3 nitrogen and oxygen atoms in total. The normalized spacial score (nSPS) is 12.2. The number of rotatable bonds is 3. The second-order valence-electron chi connectivity index (χ2n) is 4.97. The summed E-state index contributed by atoms with van der Waals surface area (Å²) in [6.07, 6.45) is 0. The van der Waals surface area contributed by atoms with E-state index in [0.29, 0.717) is 5.82 Å². The third kappa shape index (κ3) is 2.97. The molecule has 96 valence electrons. The van der Waals surface area contributed by atoms with Crippen LogP contribution in [0.15, 0.2) is 36.4 Å². The van der Waals surface area contributed by atoms with Crippen LogP contribution in [0.2, 0.25) is 0 Å². The molecule has 0 N–H and O–H groups in total. The lowest BCUT2D eigenvalue weighted by molar-refractivity contribution is 0.560. The van der Waals surface area contributed by atoms with Crippen molar-refractivity contribution < 1.29 is 0 Å². The van der Waals surface area contributed by atoms with Crippen molar-refractivity contribution in [2.75, 3.05) is 0 Å². The van der Waals surface area contributed by atoms with E-state index in [2.05, 4.69) is 16.0 Å². The minimum atomic E-state index is -0.262. The minimum Gasteiger partial charge on any atom is -0.237 e. The number of aryl methyl sites for hydroxylation is 1. The van der Waals surface area contributed by atoms with Gasteiger partial charge in [0.25, 0.3) is 0 Å². The molecule has 0 amide bonds. The first kappa shape index (κ1) is 13.2. The van der Waals surface area contributed by atoms with Gasteiger partial charge in [0.15, 0.2) is 0 Å². The Morgan fingerprint density at radius 2 is 1.79 bits per heavy atom. The van der Waals surface area contributed by atoms with Crippen molar-refractivity contribution >= 4 is 0 Å². The van der Waals surface area contributed by atoms with Crippen LogP contribution in [0.5, 0.6) is 0 Å². The van der Waals surface area contributed by atoms with Crippen LogP contribution in [0.25, 0.3) is 11.3 Å². The summed E-state index contributed by atoms with van der Waals surface area (Å²) in [6.45, 7) is 5.97. The lowest BCUT2D eigenvalue weighted by Crippen LogP contribution is -2.10. The van der Waals surface area contributed by atoms with Gasteiger partial charge in [0.1, 0.15) is 11.7 Å². The van der Waals surface area contributed by atoms with Gasteiger partial charge < -0.3 is 0 Å². The zero-order valence-electron chi connectivity index (χ0n) is 11.5. The highest BCUT2D eigenvalue weighted by atomic mass is 14.9. The van der Waals surface area contributed by atoms with Gasteiger partial charge in [0.2, 0.25) is 0 Å². The van der Waals surface area contributed by atoms with Gasteiger partial charge in [-0.25, -0.2) is 9.97 Å². The molecule has 1 heterocycles. The quantitative estimate of drug-likeness (QED) is 0.835. The van der Waals surface area contributed by atoms with Gasteiger partial charge in [0.05, 0.1) is 11.8 Å². The van der Waals surface area contributed by atoms with E-state index in [4.69, 9.17) is 0 Å². The highest BCUT2D eigenvalue weighted by molar-refractivity contribution is 5.59. The molecule has 1 aromatic heterocycles. The lowest BCUT2D eigenvalue weighted by Gasteiger charge is -2.13. The first-order chi connectivity index (χ1) is 9.11. The molecule has 0 saturated heterocycles. The molecule has 1 unspecified atom stereocenters. The predicted molar refractivity (Wildman–Crippen MR) is 75.4 cm³/mol. The molecular formula is C16H17N3. The van der Waals surface area contributed by atoms with Crippen LogP contribution in [-0.2, 0) is 0 Å². The second-order valence-corrected chi connectivity index (χ2v) is 4.97. The Hall–Kier alpha value is -2.21. The first-order valence-electron chi connectivity index (χ1n) is 6.42. The Morgan fingerprint density at radius 1 is 1.11 bits per heavy atom. The van der Waals surface area contributed by atoms with Crippen molar-refractivity contribution in [2.24, 2.45) is 5.92 Å². The van der Waals surface area contributed by atoms with E-state index >= 15 is 0 Å². The number of nitrogens with zero attached hydrogens (tertiary/aromatic N) is 3. The highest BCUT2D eigenvalue weighted by Crippen LogP contribution is 2.24. The zero-order valence-corrected chi connectivity index (χ0v) is 11.5. The van der Waals surface area contributed by atoms with Crippen LogP contribution < -0.4 is 0 Å². The van der Waals surface area contributed by atoms with E-state index in [-0.39, 0.29) is 11.8 Å². The summed E-state index contributed by atoms with van der Waals surface area (Å²) < 4.78 is 0. The summed E-state index contributed by atoms with van der Waals surface area (Å²) in [5.74, 6) is 0.564. The van der Waals surface area contributed by atoms with Crippen LogP contribution >= 0.6 is 0 Å². The fourth-order valence-corrected chi connectivity index (χ4v) is 1.99. The van der Waals surface area contributed by atoms with Gasteiger partial charge in [-0.15, -0.1) is 0 Å². The highest BCUT2D eigenvalue weighted by Gasteiger charge is 2.19. The Kier molecular flexibility index (Phi) is 3.91. The van der Waals surface area contributed by atoms with Crippen LogP contribution in [-0.4, -0.2) is 9.97 Å². The Balaban J connectivity index is 2.49. The average Bonchev–Trinajstić information content (AvgIpc) is 2.39. The van der Waals surface area contributed by atoms with Gasteiger partial charge in [-0.3, -0.25) is 0 Å². The Bertz CT molecular complexity index is 597. The first-order valence-corrected chi connectivity index (χ1v) is 6.42. The molecule has 19 heavy (non-hydrogen) atoms. The maximum absolute atomic E-state index is 9.27. The molecule has 0 bridgehead atoms. The van der Waals surface area contributed by atoms with Crippen LogP contribution in [0.3, 0.4) is 0 Å². The van der Waals surface area contributed by atoms with Crippen molar-refractivity contribution in [2.45, 2.75) is 26.7 Å². The Morgan fingerprint density at radius 3 is 2.37 bits per heavy atom. The van der Waals surface area contributed by atoms with E-state index in [1.54, 1.807) is 0 Å². The number of benzene rings is 1. The van der Waals surface area contributed by atoms with Crippen LogP contribution in [0.1, 0.15) is 31.3 Å². The molecule has 0 spiro atoms. The van der Waals surface area contributed by atoms with Crippen molar-refractivity contribution in [3.8, 4) is 17.3 Å². The molecule has 0 aliphatic heterocycles. The third-order valence-electron chi connectivity index (χ3n) is 3.02. The third-order valence-corrected chi connectivity index (χ3v) is 3.02. The largest absolute Gasteiger partial charge is 0.237 e. The summed E-state index contributed by atoms with van der Waals surface area (Å²) in [5.41, 5.74) is 2.82. The lowest BCUT2D eigenvalue weighted by atomic mass is 9.96. The maximum Gasteiger partial charge on any atom is 0.146 e. The smallest absolute Gasteiger partial charge is 0.146 e. The van der Waals surface area contributed by atoms with Crippen LogP contribution in [0.4, 0.5) is 0 Å². The van der Waals surface area contributed by atoms with E-state index in [0.717, 1.165) is 17.0 Å². The van der Waals surface area contributed by atoms with Gasteiger partial charge in [-0.2, -0.15) is 5.26 Å². The summed E-state index contributed by atoms with van der Waals surface area (Å²) in [6, 6.07) is 14.2. The van der Waals surface area contributed by atoms with E-state index in [9.17, 15) is 5.26 Å². The van der Waals surface area contributed by atoms with Crippen molar-refractivity contribution in [1.29, 1.82) is 5.26 Å². The van der Waals surface area contributed by atoms with Gasteiger partial charge >= 0.3 is 0 Å². The molecule has 3 heteroatoms. The number of aromatic nitrogens is 2. The minimum absolute atomic E-state index is 0.204. The van der Waals surface area contributed by atoms with Gasteiger partial charge in [0, 0.05) is 11.3 Å². The van der Waals surface area contributed by atoms with E-state index in [1.165, 1.54) is 0 Å². The number of nitriles is 1. The second kappa shape index (κ2) is 5.62.